The monoisotopic (exact) mass is 261 g/mol. The molecule has 0 N–H and O–H groups in total. The quantitative estimate of drug-likeness (QED) is 0.794. The second-order valence-electron chi connectivity index (χ2n) is 4.10. The lowest BCUT2D eigenvalue weighted by Crippen LogP contribution is -2.07. The van der Waals surface area contributed by atoms with E-state index in [2.05, 4.69) is 29.2 Å². The van der Waals surface area contributed by atoms with Gasteiger partial charge < -0.3 is 9.64 Å². The third kappa shape index (κ3) is 2.54. The first-order valence-electron chi connectivity index (χ1n) is 5.57. The van der Waals surface area contributed by atoms with Crippen molar-refractivity contribution in [1.29, 1.82) is 0 Å². The molecule has 3 nitrogen and oxygen atoms in total. The number of thiophene rings is 1. The van der Waals surface area contributed by atoms with Gasteiger partial charge in [-0.05, 0) is 29.8 Å². The molecule has 94 valence electrons. The molecule has 0 atom stereocenters. The van der Waals surface area contributed by atoms with Gasteiger partial charge in [0.15, 0.2) is 0 Å². The van der Waals surface area contributed by atoms with Crippen molar-refractivity contribution in [2.45, 2.75) is 0 Å². The Morgan fingerprint density at radius 3 is 2.33 bits per heavy atom. The van der Waals surface area contributed by atoms with Crippen molar-refractivity contribution in [1.82, 2.24) is 0 Å². The smallest absolute Gasteiger partial charge is 0.348 e. The summed E-state index contributed by atoms with van der Waals surface area (Å²) >= 11 is 1.44. The molecule has 0 spiro atoms. The van der Waals surface area contributed by atoms with Crippen molar-refractivity contribution < 1.29 is 9.53 Å². The minimum absolute atomic E-state index is 0.281. The highest BCUT2D eigenvalue weighted by atomic mass is 32.1. The maximum absolute atomic E-state index is 11.4. The number of hydrogen-bond donors (Lipinski definition) is 0. The third-order valence-electron chi connectivity index (χ3n) is 2.66. The average Bonchev–Trinajstić information content (AvgIpc) is 2.87. The number of ether oxygens (including phenoxy) is 1. The van der Waals surface area contributed by atoms with E-state index in [4.69, 9.17) is 4.74 Å². The van der Waals surface area contributed by atoms with Crippen molar-refractivity contribution in [2.24, 2.45) is 0 Å². The van der Waals surface area contributed by atoms with E-state index >= 15 is 0 Å². The number of carbonyl (C=O) groups is 1. The van der Waals surface area contributed by atoms with Crippen molar-refractivity contribution in [3.05, 3.63) is 41.3 Å². The van der Waals surface area contributed by atoms with Gasteiger partial charge in [0.1, 0.15) is 4.88 Å². The molecule has 2 aromatic rings. The minimum atomic E-state index is -0.281. The van der Waals surface area contributed by atoms with Crippen LogP contribution in [-0.2, 0) is 4.74 Å². The zero-order valence-corrected chi connectivity index (χ0v) is 11.5. The van der Waals surface area contributed by atoms with Gasteiger partial charge >= 0.3 is 5.97 Å². The standard InChI is InChI=1S/C14H15NO2S/c1-15(2)11-6-4-10(5-7-11)12-8-9-13(18-12)14(16)17-3/h4-9H,1-3H3. The summed E-state index contributed by atoms with van der Waals surface area (Å²) in [5.41, 5.74) is 2.27. The molecule has 2 rings (SSSR count). The number of nitrogens with zero attached hydrogens (tertiary/aromatic N) is 1. The summed E-state index contributed by atoms with van der Waals surface area (Å²) in [6.07, 6.45) is 0. The Hall–Kier alpha value is -1.81. The Morgan fingerprint density at radius 2 is 1.78 bits per heavy atom. The number of carbonyl (C=O) groups excluding carboxylic acids is 1. The lowest BCUT2D eigenvalue weighted by molar-refractivity contribution is 0.0606. The van der Waals surface area contributed by atoms with Gasteiger partial charge in [-0.1, -0.05) is 12.1 Å². The Balaban J connectivity index is 2.26. The fourth-order valence-electron chi connectivity index (χ4n) is 1.63. The fourth-order valence-corrected chi connectivity index (χ4v) is 2.56. The Bertz CT molecular complexity index is 543. The molecule has 0 unspecified atom stereocenters. The lowest BCUT2D eigenvalue weighted by atomic mass is 10.1. The normalized spacial score (nSPS) is 10.2. The number of rotatable bonds is 3. The highest BCUT2D eigenvalue weighted by molar-refractivity contribution is 7.17. The number of hydrogen-bond acceptors (Lipinski definition) is 4. The maximum Gasteiger partial charge on any atom is 0.348 e. The topological polar surface area (TPSA) is 29.5 Å². The van der Waals surface area contributed by atoms with E-state index in [0.717, 1.165) is 16.1 Å². The molecule has 0 saturated carbocycles. The first kappa shape index (κ1) is 12.6. The zero-order chi connectivity index (χ0) is 13.1. The molecule has 18 heavy (non-hydrogen) atoms. The lowest BCUT2D eigenvalue weighted by Gasteiger charge is -2.12. The molecule has 4 heteroatoms. The molecule has 0 amide bonds. The molecule has 0 fully saturated rings. The van der Waals surface area contributed by atoms with Gasteiger partial charge in [0.25, 0.3) is 0 Å². The van der Waals surface area contributed by atoms with Crippen molar-refractivity contribution in [3.63, 3.8) is 0 Å². The van der Waals surface area contributed by atoms with Crippen LogP contribution in [0.3, 0.4) is 0 Å². The van der Waals surface area contributed by atoms with Gasteiger partial charge in [0.05, 0.1) is 7.11 Å². The highest BCUT2D eigenvalue weighted by Crippen LogP contribution is 2.29. The van der Waals surface area contributed by atoms with E-state index < -0.39 is 0 Å². The summed E-state index contributed by atoms with van der Waals surface area (Å²) < 4.78 is 4.70. The summed E-state index contributed by atoms with van der Waals surface area (Å²) in [6.45, 7) is 0. The van der Waals surface area contributed by atoms with Gasteiger partial charge in [0.2, 0.25) is 0 Å². The van der Waals surface area contributed by atoms with Crippen LogP contribution in [-0.4, -0.2) is 27.2 Å². The Labute approximate surface area is 111 Å². The summed E-state index contributed by atoms with van der Waals surface area (Å²) in [4.78, 5) is 15.1. The largest absolute Gasteiger partial charge is 0.465 e. The van der Waals surface area contributed by atoms with Crippen molar-refractivity contribution in [2.75, 3.05) is 26.1 Å². The van der Waals surface area contributed by atoms with Gasteiger partial charge in [-0.15, -0.1) is 11.3 Å². The zero-order valence-electron chi connectivity index (χ0n) is 10.6. The van der Waals surface area contributed by atoms with Crippen LogP contribution < -0.4 is 4.90 Å². The average molecular weight is 261 g/mol. The van der Waals surface area contributed by atoms with E-state index in [0.29, 0.717) is 4.88 Å². The van der Waals surface area contributed by atoms with Crippen LogP contribution in [0.5, 0.6) is 0 Å². The number of benzene rings is 1. The van der Waals surface area contributed by atoms with Gasteiger partial charge in [0, 0.05) is 24.7 Å². The molecular formula is C14H15NO2S. The van der Waals surface area contributed by atoms with Crippen molar-refractivity contribution in [3.8, 4) is 10.4 Å². The summed E-state index contributed by atoms with van der Waals surface area (Å²) in [6, 6.07) is 12.0. The second-order valence-corrected chi connectivity index (χ2v) is 5.18. The Kier molecular flexibility index (Phi) is 3.67. The summed E-state index contributed by atoms with van der Waals surface area (Å²) in [5.74, 6) is -0.281. The molecule has 0 radical (unpaired) electrons. The van der Waals surface area contributed by atoms with Crippen LogP contribution in [0.2, 0.25) is 0 Å². The van der Waals surface area contributed by atoms with Gasteiger partial charge in [-0.3, -0.25) is 0 Å². The summed E-state index contributed by atoms with van der Waals surface area (Å²) in [7, 11) is 5.42. The van der Waals surface area contributed by atoms with Gasteiger partial charge in [-0.2, -0.15) is 0 Å². The molecule has 0 aliphatic rings. The molecule has 1 heterocycles. The van der Waals surface area contributed by atoms with E-state index in [1.807, 2.05) is 20.2 Å². The van der Waals surface area contributed by atoms with Crippen LogP contribution in [0.4, 0.5) is 5.69 Å². The molecule has 1 aromatic heterocycles. The van der Waals surface area contributed by atoms with E-state index in [-0.39, 0.29) is 5.97 Å². The first-order chi connectivity index (χ1) is 8.61. The predicted molar refractivity (Wildman–Crippen MR) is 75.4 cm³/mol. The van der Waals surface area contributed by atoms with Crippen LogP contribution in [0.25, 0.3) is 10.4 Å². The minimum Gasteiger partial charge on any atom is -0.465 e. The molecular weight excluding hydrogens is 246 g/mol. The molecule has 0 saturated heterocycles. The number of methoxy groups -OCH3 is 1. The Morgan fingerprint density at radius 1 is 1.11 bits per heavy atom. The van der Waals surface area contributed by atoms with Crippen LogP contribution in [0.1, 0.15) is 9.67 Å². The summed E-state index contributed by atoms with van der Waals surface area (Å²) in [5, 5.41) is 0. The molecule has 0 bridgehead atoms. The second kappa shape index (κ2) is 5.23. The molecule has 1 aromatic carbocycles. The molecule has 0 aliphatic heterocycles. The van der Waals surface area contributed by atoms with Crippen LogP contribution >= 0.6 is 11.3 Å². The van der Waals surface area contributed by atoms with E-state index in [1.165, 1.54) is 18.4 Å². The fraction of sp³-hybridized carbons (Fsp3) is 0.214. The van der Waals surface area contributed by atoms with Crippen LogP contribution in [0, 0.1) is 0 Å². The number of anilines is 1. The first-order valence-corrected chi connectivity index (χ1v) is 6.39. The maximum atomic E-state index is 11.4. The van der Waals surface area contributed by atoms with Crippen LogP contribution in [0.15, 0.2) is 36.4 Å². The third-order valence-corrected chi connectivity index (χ3v) is 3.78. The van der Waals surface area contributed by atoms with E-state index in [9.17, 15) is 4.79 Å². The van der Waals surface area contributed by atoms with Gasteiger partial charge in [-0.25, -0.2) is 4.79 Å². The number of esters is 1. The molecule has 0 aliphatic carbocycles. The predicted octanol–water partition coefficient (Wildman–Crippen LogP) is 3.27. The SMILES string of the molecule is COC(=O)c1ccc(-c2ccc(N(C)C)cc2)s1. The highest BCUT2D eigenvalue weighted by Gasteiger charge is 2.10. The van der Waals surface area contributed by atoms with E-state index in [1.54, 1.807) is 6.07 Å². The van der Waals surface area contributed by atoms with Crippen molar-refractivity contribution >= 4 is 23.0 Å².